The number of benzene rings is 1. The highest BCUT2D eigenvalue weighted by atomic mass is 32.2. The van der Waals surface area contributed by atoms with Crippen molar-refractivity contribution >= 4 is 10.0 Å². The Morgan fingerprint density at radius 3 is 2.53 bits per heavy atom. The molecule has 2 aromatic rings. The van der Waals surface area contributed by atoms with Gasteiger partial charge in [-0.15, -0.1) is 0 Å². The predicted molar refractivity (Wildman–Crippen MR) is 74.3 cm³/mol. The standard InChI is InChI=1S/C14H16N2O2S/c1-12-4-6-14(7-5-12)19(17,18)16-10-8-13-3-2-9-15-11-13/h2-7,9,11,16H,8,10H2,1H3. The van der Waals surface area contributed by atoms with Crippen molar-refractivity contribution < 1.29 is 8.42 Å². The van der Waals surface area contributed by atoms with E-state index in [1.54, 1.807) is 36.7 Å². The molecule has 0 bridgehead atoms. The Morgan fingerprint density at radius 2 is 1.89 bits per heavy atom. The van der Waals surface area contributed by atoms with Crippen molar-refractivity contribution in [2.75, 3.05) is 6.54 Å². The molecular weight excluding hydrogens is 260 g/mol. The van der Waals surface area contributed by atoms with Crippen LogP contribution < -0.4 is 4.72 Å². The van der Waals surface area contributed by atoms with E-state index < -0.39 is 10.0 Å². The van der Waals surface area contributed by atoms with Gasteiger partial charge < -0.3 is 0 Å². The molecule has 0 radical (unpaired) electrons. The van der Waals surface area contributed by atoms with Crippen LogP contribution in [0.5, 0.6) is 0 Å². The monoisotopic (exact) mass is 276 g/mol. The lowest BCUT2D eigenvalue weighted by atomic mass is 10.2. The van der Waals surface area contributed by atoms with Gasteiger partial charge in [0.1, 0.15) is 0 Å². The van der Waals surface area contributed by atoms with E-state index in [1.165, 1.54) is 0 Å². The molecule has 19 heavy (non-hydrogen) atoms. The molecule has 0 aliphatic rings. The van der Waals surface area contributed by atoms with Crippen molar-refractivity contribution in [2.24, 2.45) is 0 Å². The summed E-state index contributed by atoms with van der Waals surface area (Å²) in [5.41, 5.74) is 2.04. The first-order chi connectivity index (χ1) is 9.08. The van der Waals surface area contributed by atoms with Crippen LogP contribution in [-0.2, 0) is 16.4 Å². The van der Waals surface area contributed by atoms with E-state index in [0.717, 1.165) is 11.1 Å². The molecule has 1 N–H and O–H groups in total. The zero-order valence-electron chi connectivity index (χ0n) is 10.7. The summed E-state index contributed by atoms with van der Waals surface area (Å²) in [6, 6.07) is 10.6. The number of nitrogens with one attached hydrogen (secondary N) is 1. The average molecular weight is 276 g/mol. The third-order valence-corrected chi connectivity index (χ3v) is 4.24. The molecule has 5 heteroatoms. The maximum absolute atomic E-state index is 12.0. The number of aromatic nitrogens is 1. The van der Waals surface area contributed by atoms with Crippen LogP contribution >= 0.6 is 0 Å². The maximum atomic E-state index is 12.0. The van der Waals surface area contributed by atoms with Gasteiger partial charge in [-0.3, -0.25) is 4.98 Å². The Morgan fingerprint density at radius 1 is 1.16 bits per heavy atom. The minimum absolute atomic E-state index is 0.296. The van der Waals surface area contributed by atoms with E-state index in [-0.39, 0.29) is 0 Å². The summed E-state index contributed by atoms with van der Waals surface area (Å²) in [7, 11) is -3.42. The molecule has 0 fully saturated rings. The van der Waals surface area contributed by atoms with Crippen molar-refractivity contribution in [1.29, 1.82) is 0 Å². The fourth-order valence-corrected chi connectivity index (χ4v) is 2.71. The van der Waals surface area contributed by atoms with Gasteiger partial charge in [-0.2, -0.15) is 0 Å². The number of aryl methyl sites for hydroxylation is 1. The molecule has 0 atom stereocenters. The SMILES string of the molecule is Cc1ccc(S(=O)(=O)NCCc2cccnc2)cc1. The van der Waals surface area contributed by atoms with Gasteiger partial charge in [-0.05, 0) is 37.1 Å². The van der Waals surface area contributed by atoms with Gasteiger partial charge >= 0.3 is 0 Å². The summed E-state index contributed by atoms with van der Waals surface area (Å²) in [6.07, 6.45) is 4.05. The second-order valence-corrected chi connectivity index (χ2v) is 6.09. The highest BCUT2D eigenvalue weighted by Gasteiger charge is 2.12. The number of pyridine rings is 1. The third kappa shape index (κ3) is 3.87. The van der Waals surface area contributed by atoms with Crippen molar-refractivity contribution in [2.45, 2.75) is 18.2 Å². The van der Waals surface area contributed by atoms with E-state index in [1.807, 2.05) is 19.1 Å². The summed E-state index contributed by atoms with van der Waals surface area (Å²) in [5.74, 6) is 0. The van der Waals surface area contributed by atoms with Crippen LogP contribution in [0, 0.1) is 6.92 Å². The van der Waals surface area contributed by atoms with Gasteiger partial charge in [0, 0.05) is 18.9 Å². The molecule has 0 saturated heterocycles. The zero-order valence-corrected chi connectivity index (χ0v) is 11.5. The Bertz CT molecular complexity index is 622. The third-order valence-electron chi connectivity index (χ3n) is 2.76. The maximum Gasteiger partial charge on any atom is 0.240 e. The van der Waals surface area contributed by atoms with Crippen LogP contribution in [0.15, 0.2) is 53.7 Å². The normalized spacial score (nSPS) is 11.4. The van der Waals surface area contributed by atoms with Crippen LogP contribution in [-0.4, -0.2) is 19.9 Å². The van der Waals surface area contributed by atoms with Crippen molar-refractivity contribution in [1.82, 2.24) is 9.71 Å². The molecule has 0 spiro atoms. The largest absolute Gasteiger partial charge is 0.264 e. The van der Waals surface area contributed by atoms with Crippen LogP contribution in [0.3, 0.4) is 0 Å². The summed E-state index contributed by atoms with van der Waals surface area (Å²) >= 11 is 0. The van der Waals surface area contributed by atoms with Gasteiger partial charge in [0.25, 0.3) is 0 Å². The lowest BCUT2D eigenvalue weighted by molar-refractivity contribution is 0.581. The molecule has 0 aliphatic heterocycles. The number of nitrogens with zero attached hydrogens (tertiary/aromatic N) is 1. The number of hydrogen-bond donors (Lipinski definition) is 1. The quantitative estimate of drug-likeness (QED) is 0.907. The first kappa shape index (κ1) is 13.7. The lowest BCUT2D eigenvalue weighted by Crippen LogP contribution is -2.26. The molecule has 0 amide bonds. The van der Waals surface area contributed by atoms with Crippen LogP contribution in [0.4, 0.5) is 0 Å². The molecular formula is C14H16N2O2S. The minimum atomic E-state index is -3.42. The lowest BCUT2D eigenvalue weighted by Gasteiger charge is -2.07. The predicted octanol–water partition coefficient (Wildman–Crippen LogP) is 1.91. The molecule has 0 saturated carbocycles. The van der Waals surface area contributed by atoms with Gasteiger partial charge in [0.15, 0.2) is 0 Å². The molecule has 1 aromatic carbocycles. The summed E-state index contributed by atoms with van der Waals surface area (Å²) in [4.78, 5) is 4.29. The van der Waals surface area contributed by atoms with E-state index in [9.17, 15) is 8.42 Å². The highest BCUT2D eigenvalue weighted by molar-refractivity contribution is 7.89. The Hall–Kier alpha value is -1.72. The van der Waals surface area contributed by atoms with Crippen molar-refractivity contribution in [3.8, 4) is 0 Å². The Kier molecular flexibility index (Phi) is 4.29. The summed E-state index contributed by atoms with van der Waals surface area (Å²) in [6.45, 7) is 2.29. The fourth-order valence-electron chi connectivity index (χ4n) is 1.68. The van der Waals surface area contributed by atoms with Crippen LogP contribution in [0.1, 0.15) is 11.1 Å². The topological polar surface area (TPSA) is 59.1 Å². The average Bonchev–Trinajstić information content (AvgIpc) is 2.40. The molecule has 0 unspecified atom stereocenters. The van der Waals surface area contributed by atoms with Gasteiger partial charge in [0.05, 0.1) is 4.90 Å². The van der Waals surface area contributed by atoms with Crippen molar-refractivity contribution in [3.63, 3.8) is 0 Å². The van der Waals surface area contributed by atoms with Gasteiger partial charge in [-0.1, -0.05) is 23.8 Å². The smallest absolute Gasteiger partial charge is 0.240 e. The summed E-state index contributed by atoms with van der Waals surface area (Å²) in [5, 5.41) is 0. The zero-order chi connectivity index (χ0) is 13.7. The van der Waals surface area contributed by atoms with Gasteiger partial charge in [-0.25, -0.2) is 13.1 Å². The highest BCUT2D eigenvalue weighted by Crippen LogP contribution is 2.09. The molecule has 1 aromatic heterocycles. The number of hydrogen-bond acceptors (Lipinski definition) is 3. The van der Waals surface area contributed by atoms with E-state index in [4.69, 9.17) is 0 Å². The Labute approximate surface area is 113 Å². The molecule has 100 valence electrons. The second-order valence-electron chi connectivity index (χ2n) is 4.32. The Balaban J connectivity index is 1.97. The summed E-state index contributed by atoms with van der Waals surface area (Å²) < 4.78 is 26.6. The first-order valence-corrected chi connectivity index (χ1v) is 7.51. The minimum Gasteiger partial charge on any atom is -0.264 e. The van der Waals surface area contributed by atoms with E-state index in [0.29, 0.717) is 17.9 Å². The van der Waals surface area contributed by atoms with E-state index in [2.05, 4.69) is 9.71 Å². The van der Waals surface area contributed by atoms with Gasteiger partial charge in [0.2, 0.25) is 10.0 Å². The van der Waals surface area contributed by atoms with Crippen LogP contribution in [0.2, 0.25) is 0 Å². The second kappa shape index (κ2) is 5.95. The number of sulfonamides is 1. The molecule has 4 nitrogen and oxygen atoms in total. The number of rotatable bonds is 5. The first-order valence-electron chi connectivity index (χ1n) is 6.03. The molecule has 2 rings (SSSR count). The van der Waals surface area contributed by atoms with E-state index >= 15 is 0 Å². The molecule has 0 aliphatic carbocycles. The van der Waals surface area contributed by atoms with Crippen LogP contribution in [0.25, 0.3) is 0 Å². The fraction of sp³-hybridized carbons (Fsp3) is 0.214. The van der Waals surface area contributed by atoms with Crippen molar-refractivity contribution in [3.05, 3.63) is 59.9 Å². The molecule has 1 heterocycles.